The first-order valence-corrected chi connectivity index (χ1v) is 7.50. The second-order valence-electron chi connectivity index (χ2n) is 4.27. The number of carbonyl (C=O) groups excluding carboxylic acids is 1. The molecular weight excluding hydrogens is 222 g/mol. The van der Waals surface area contributed by atoms with Gasteiger partial charge in [0.2, 0.25) is 0 Å². The Balaban J connectivity index is 2.05. The molecule has 0 N–H and O–H groups in total. The Hall–Kier alpha value is -0.0600. The molecule has 3 nitrogen and oxygen atoms in total. The highest BCUT2D eigenvalue weighted by Gasteiger charge is 2.11. The van der Waals surface area contributed by atoms with E-state index >= 15 is 0 Å². The zero-order valence-corrected chi connectivity index (χ0v) is 11.0. The van der Waals surface area contributed by atoms with E-state index in [1.54, 1.807) is 0 Å². The quantitative estimate of drug-likeness (QED) is 0.608. The minimum Gasteiger partial charge on any atom is -0.379 e. The van der Waals surface area contributed by atoms with Crippen LogP contribution in [0.4, 0.5) is 0 Å². The van der Waals surface area contributed by atoms with E-state index in [4.69, 9.17) is 4.74 Å². The van der Waals surface area contributed by atoms with Gasteiger partial charge >= 0.3 is 0 Å². The molecule has 0 aromatic carbocycles. The van der Waals surface area contributed by atoms with Crippen molar-refractivity contribution in [1.82, 2.24) is 4.90 Å². The van der Waals surface area contributed by atoms with Crippen LogP contribution in [0.1, 0.15) is 19.3 Å². The summed E-state index contributed by atoms with van der Waals surface area (Å²) in [5.41, 5.74) is 0. The number of rotatable bonds is 8. The summed E-state index contributed by atoms with van der Waals surface area (Å²) in [5, 5.41) is 0. The molecule has 1 aliphatic rings. The fraction of sp³-hybridized carbons (Fsp3) is 0.917. The number of carbonyl (C=O) groups is 1. The Morgan fingerprint density at radius 1 is 1.38 bits per heavy atom. The monoisotopic (exact) mass is 245 g/mol. The fourth-order valence-corrected chi connectivity index (χ4v) is 2.49. The lowest BCUT2D eigenvalue weighted by atomic mass is 10.0. The van der Waals surface area contributed by atoms with Gasteiger partial charge in [0.05, 0.1) is 13.2 Å². The minimum absolute atomic E-state index is 0.272. The molecule has 16 heavy (non-hydrogen) atoms. The Morgan fingerprint density at radius 2 is 2.12 bits per heavy atom. The van der Waals surface area contributed by atoms with Gasteiger partial charge < -0.3 is 9.53 Å². The Bertz CT molecular complexity index is 184. The van der Waals surface area contributed by atoms with Gasteiger partial charge in [-0.2, -0.15) is 11.8 Å². The van der Waals surface area contributed by atoms with Crippen LogP contribution in [-0.4, -0.2) is 56.0 Å². The van der Waals surface area contributed by atoms with Crippen molar-refractivity contribution in [3.8, 4) is 0 Å². The first-order chi connectivity index (χ1) is 7.86. The number of aldehydes is 1. The second kappa shape index (κ2) is 9.02. The van der Waals surface area contributed by atoms with Crippen molar-refractivity contribution >= 4 is 18.0 Å². The van der Waals surface area contributed by atoms with Crippen LogP contribution in [0, 0.1) is 5.92 Å². The summed E-state index contributed by atoms with van der Waals surface area (Å²) in [6.45, 7) is 4.95. The van der Waals surface area contributed by atoms with Crippen molar-refractivity contribution in [3.05, 3.63) is 0 Å². The van der Waals surface area contributed by atoms with E-state index in [1.807, 2.05) is 11.8 Å². The summed E-state index contributed by atoms with van der Waals surface area (Å²) in [5.74, 6) is 1.37. The lowest BCUT2D eigenvalue weighted by Gasteiger charge is -2.26. The van der Waals surface area contributed by atoms with Crippen molar-refractivity contribution in [2.24, 2.45) is 5.92 Å². The molecule has 1 aliphatic heterocycles. The molecule has 1 fully saturated rings. The highest BCUT2D eigenvalue weighted by molar-refractivity contribution is 7.98. The van der Waals surface area contributed by atoms with Gasteiger partial charge in [0.15, 0.2) is 0 Å². The average molecular weight is 245 g/mol. The predicted octanol–water partition coefficient (Wildman–Crippen LogP) is 1.67. The smallest absolute Gasteiger partial charge is 0.123 e. The van der Waals surface area contributed by atoms with Crippen LogP contribution in [0.2, 0.25) is 0 Å². The molecule has 4 heteroatoms. The van der Waals surface area contributed by atoms with E-state index in [2.05, 4.69) is 11.2 Å². The van der Waals surface area contributed by atoms with Crippen LogP contribution < -0.4 is 0 Å². The molecule has 0 aromatic rings. The zero-order valence-electron chi connectivity index (χ0n) is 10.2. The third kappa shape index (κ3) is 5.87. The molecule has 1 heterocycles. The molecule has 1 atom stereocenters. The summed E-state index contributed by atoms with van der Waals surface area (Å²) >= 11 is 1.82. The maximum absolute atomic E-state index is 10.9. The van der Waals surface area contributed by atoms with E-state index in [-0.39, 0.29) is 5.92 Å². The molecule has 0 saturated carbocycles. The van der Waals surface area contributed by atoms with Crippen LogP contribution >= 0.6 is 11.8 Å². The predicted molar refractivity (Wildman–Crippen MR) is 69.0 cm³/mol. The zero-order chi connectivity index (χ0) is 11.6. The average Bonchev–Trinajstić information content (AvgIpc) is 2.35. The highest BCUT2D eigenvalue weighted by Crippen LogP contribution is 2.12. The fourth-order valence-electron chi connectivity index (χ4n) is 1.95. The van der Waals surface area contributed by atoms with Gasteiger partial charge in [-0.3, -0.25) is 4.90 Å². The summed E-state index contributed by atoms with van der Waals surface area (Å²) < 4.78 is 5.30. The number of morpholine rings is 1. The largest absolute Gasteiger partial charge is 0.379 e. The number of nitrogens with zero attached hydrogens (tertiary/aromatic N) is 1. The van der Waals surface area contributed by atoms with Crippen molar-refractivity contribution in [2.75, 3.05) is 44.9 Å². The number of hydrogen-bond donors (Lipinski definition) is 0. The molecule has 0 spiro atoms. The maximum atomic E-state index is 10.9. The van der Waals surface area contributed by atoms with E-state index in [1.165, 1.54) is 0 Å². The van der Waals surface area contributed by atoms with E-state index in [0.717, 1.165) is 64.1 Å². The molecule has 0 amide bonds. The van der Waals surface area contributed by atoms with E-state index in [0.29, 0.717) is 0 Å². The minimum atomic E-state index is 0.272. The van der Waals surface area contributed by atoms with Crippen LogP contribution in [0.5, 0.6) is 0 Å². The first kappa shape index (κ1) is 14.0. The number of ether oxygens (including phenoxy) is 1. The molecule has 0 aliphatic carbocycles. The van der Waals surface area contributed by atoms with Crippen LogP contribution in [-0.2, 0) is 9.53 Å². The normalized spacial score (nSPS) is 19.6. The van der Waals surface area contributed by atoms with Gasteiger partial charge in [-0.25, -0.2) is 0 Å². The molecule has 0 bridgehead atoms. The first-order valence-electron chi connectivity index (χ1n) is 6.11. The summed E-state index contributed by atoms with van der Waals surface area (Å²) in [7, 11) is 0. The lowest BCUT2D eigenvalue weighted by Crippen LogP contribution is -2.36. The van der Waals surface area contributed by atoms with Gasteiger partial charge in [0.25, 0.3) is 0 Å². The molecule has 1 unspecified atom stereocenters. The van der Waals surface area contributed by atoms with Crippen molar-refractivity contribution in [3.63, 3.8) is 0 Å². The molecule has 94 valence electrons. The third-order valence-corrected chi connectivity index (χ3v) is 3.68. The van der Waals surface area contributed by atoms with Crippen molar-refractivity contribution < 1.29 is 9.53 Å². The van der Waals surface area contributed by atoms with Gasteiger partial charge in [-0.05, 0) is 37.8 Å². The maximum Gasteiger partial charge on any atom is 0.123 e. The van der Waals surface area contributed by atoms with Crippen molar-refractivity contribution in [2.45, 2.75) is 19.3 Å². The topological polar surface area (TPSA) is 29.5 Å². The Kier molecular flexibility index (Phi) is 7.89. The molecule has 1 saturated heterocycles. The molecule has 0 aromatic heterocycles. The summed E-state index contributed by atoms with van der Waals surface area (Å²) in [6, 6.07) is 0. The molecular formula is C12H23NO2S. The van der Waals surface area contributed by atoms with E-state index in [9.17, 15) is 4.79 Å². The summed E-state index contributed by atoms with van der Waals surface area (Å²) in [6.07, 6.45) is 6.44. The van der Waals surface area contributed by atoms with Crippen LogP contribution in [0.25, 0.3) is 0 Å². The Labute approximate surface area is 103 Å². The van der Waals surface area contributed by atoms with Crippen LogP contribution in [0.3, 0.4) is 0 Å². The number of thioether (sulfide) groups is 1. The highest BCUT2D eigenvalue weighted by atomic mass is 32.2. The van der Waals surface area contributed by atoms with Crippen LogP contribution in [0.15, 0.2) is 0 Å². The van der Waals surface area contributed by atoms with Crippen molar-refractivity contribution in [1.29, 1.82) is 0 Å². The van der Waals surface area contributed by atoms with Gasteiger partial charge in [-0.15, -0.1) is 0 Å². The van der Waals surface area contributed by atoms with Gasteiger partial charge in [0, 0.05) is 19.0 Å². The van der Waals surface area contributed by atoms with Gasteiger partial charge in [0.1, 0.15) is 6.29 Å². The molecule has 0 radical (unpaired) electrons. The SMILES string of the molecule is CSCCC(C=O)CCCN1CCOCC1. The summed E-state index contributed by atoms with van der Waals surface area (Å²) in [4.78, 5) is 13.3. The standard InChI is InChI=1S/C12H23NO2S/c1-16-10-4-12(11-14)3-2-5-13-6-8-15-9-7-13/h11-12H,2-10H2,1H3. The Morgan fingerprint density at radius 3 is 2.75 bits per heavy atom. The number of hydrogen-bond acceptors (Lipinski definition) is 4. The van der Waals surface area contributed by atoms with E-state index < -0.39 is 0 Å². The third-order valence-electron chi connectivity index (χ3n) is 3.04. The molecule has 1 rings (SSSR count). The van der Waals surface area contributed by atoms with Gasteiger partial charge in [-0.1, -0.05) is 0 Å². The lowest BCUT2D eigenvalue weighted by molar-refractivity contribution is -0.111. The second-order valence-corrected chi connectivity index (χ2v) is 5.26.